The zero-order valence-electron chi connectivity index (χ0n) is 5.59. The Bertz CT molecular complexity index is 351. The lowest BCUT2D eigenvalue weighted by Gasteiger charge is -1.92. The van der Waals surface area contributed by atoms with Crippen molar-refractivity contribution in [3.05, 3.63) is 20.8 Å². The van der Waals surface area contributed by atoms with E-state index in [1.165, 1.54) is 7.05 Å². The standard InChI is InChI=1S/C5H5BrN2O3/c1-8-2(4(9)10)3(6)7-5(8)11/h1H3,(H,7,11)(H,9,10). The molecule has 5 nitrogen and oxygen atoms in total. The van der Waals surface area contributed by atoms with Gasteiger partial charge in [-0.3, -0.25) is 9.55 Å². The molecule has 2 N–H and O–H groups in total. The molecule has 0 aromatic carbocycles. The monoisotopic (exact) mass is 220 g/mol. The first-order valence-corrected chi connectivity index (χ1v) is 3.51. The summed E-state index contributed by atoms with van der Waals surface area (Å²) < 4.78 is 1.21. The zero-order chi connectivity index (χ0) is 8.59. The van der Waals surface area contributed by atoms with Crippen molar-refractivity contribution < 1.29 is 9.90 Å². The molecule has 0 bridgehead atoms. The van der Waals surface area contributed by atoms with Crippen LogP contribution in [0.1, 0.15) is 10.5 Å². The van der Waals surface area contributed by atoms with E-state index in [0.717, 1.165) is 4.57 Å². The van der Waals surface area contributed by atoms with Gasteiger partial charge in [0.05, 0.1) is 0 Å². The van der Waals surface area contributed by atoms with Crippen molar-refractivity contribution in [1.29, 1.82) is 0 Å². The van der Waals surface area contributed by atoms with Crippen LogP contribution < -0.4 is 5.69 Å². The van der Waals surface area contributed by atoms with E-state index >= 15 is 0 Å². The van der Waals surface area contributed by atoms with Crippen molar-refractivity contribution >= 4 is 21.9 Å². The van der Waals surface area contributed by atoms with Gasteiger partial charge in [-0.1, -0.05) is 0 Å². The lowest BCUT2D eigenvalue weighted by Crippen LogP contribution is -2.16. The van der Waals surface area contributed by atoms with E-state index in [9.17, 15) is 9.59 Å². The molecule has 0 aliphatic rings. The predicted molar refractivity (Wildman–Crippen MR) is 40.7 cm³/mol. The molecule has 1 aromatic rings. The number of imidazole rings is 1. The van der Waals surface area contributed by atoms with E-state index in [4.69, 9.17) is 5.11 Å². The van der Waals surface area contributed by atoms with Crippen LogP contribution in [0.5, 0.6) is 0 Å². The van der Waals surface area contributed by atoms with Gasteiger partial charge in [0.2, 0.25) is 0 Å². The topological polar surface area (TPSA) is 75.1 Å². The van der Waals surface area contributed by atoms with Crippen LogP contribution in [0.2, 0.25) is 0 Å². The van der Waals surface area contributed by atoms with Gasteiger partial charge >= 0.3 is 11.7 Å². The molecule has 1 aromatic heterocycles. The Morgan fingerprint density at radius 2 is 2.27 bits per heavy atom. The van der Waals surface area contributed by atoms with Crippen molar-refractivity contribution in [2.24, 2.45) is 7.05 Å². The number of H-pyrrole nitrogens is 1. The number of aromatic nitrogens is 2. The lowest BCUT2D eigenvalue weighted by molar-refractivity contribution is 0.0685. The maximum Gasteiger partial charge on any atom is 0.355 e. The number of nitrogens with zero attached hydrogens (tertiary/aromatic N) is 1. The highest BCUT2D eigenvalue weighted by Gasteiger charge is 2.15. The summed E-state index contributed by atoms with van der Waals surface area (Å²) in [6.45, 7) is 0. The molecule has 11 heavy (non-hydrogen) atoms. The van der Waals surface area contributed by atoms with Gasteiger partial charge in [-0.15, -0.1) is 0 Å². The highest BCUT2D eigenvalue weighted by Crippen LogP contribution is 2.09. The van der Waals surface area contributed by atoms with Crippen LogP contribution in [0, 0.1) is 0 Å². The van der Waals surface area contributed by atoms with E-state index in [2.05, 4.69) is 20.9 Å². The number of halogens is 1. The van der Waals surface area contributed by atoms with Crippen molar-refractivity contribution in [1.82, 2.24) is 9.55 Å². The summed E-state index contributed by atoms with van der Waals surface area (Å²) in [4.78, 5) is 23.5. The highest BCUT2D eigenvalue weighted by molar-refractivity contribution is 9.10. The Morgan fingerprint density at radius 3 is 2.45 bits per heavy atom. The number of carboxylic acids is 1. The zero-order valence-corrected chi connectivity index (χ0v) is 7.17. The van der Waals surface area contributed by atoms with Gasteiger partial charge in [0, 0.05) is 7.05 Å². The van der Waals surface area contributed by atoms with Gasteiger partial charge in [-0.05, 0) is 15.9 Å². The number of carbonyl (C=O) groups is 1. The minimum atomic E-state index is -1.14. The fourth-order valence-electron chi connectivity index (χ4n) is 0.723. The number of rotatable bonds is 1. The normalized spacial score (nSPS) is 10.0. The molecule has 1 heterocycles. The Labute approximate surface area is 69.8 Å². The summed E-state index contributed by atoms with van der Waals surface area (Å²) in [5.74, 6) is -1.14. The van der Waals surface area contributed by atoms with Crippen molar-refractivity contribution in [3.63, 3.8) is 0 Å². The Balaban J connectivity index is 3.46. The fraction of sp³-hybridized carbons (Fsp3) is 0.200. The largest absolute Gasteiger partial charge is 0.476 e. The minimum Gasteiger partial charge on any atom is -0.476 e. The molecule has 60 valence electrons. The molecule has 0 atom stereocenters. The summed E-state index contributed by atoms with van der Waals surface area (Å²) in [5, 5.41) is 8.55. The van der Waals surface area contributed by atoms with Crippen LogP contribution >= 0.6 is 15.9 Å². The molecule has 0 unspecified atom stereocenters. The summed E-state index contributed by atoms with van der Waals surface area (Å²) >= 11 is 2.91. The molecule has 0 fully saturated rings. The first-order chi connectivity index (χ1) is 5.04. The molecule has 0 saturated heterocycles. The molecular weight excluding hydrogens is 216 g/mol. The van der Waals surface area contributed by atoms with E-state index in [0.29, 0.717) is 0 Å². The van der Waals surface area contributed by atoms with Gasteiger partial charge in [0.25, 0.3) is 0 Å². The molecule has 0 saturated carbocycles. The second-order valence-electron chi connectivity index (χ2n) is 1.96. The smallest absolute Gasteiger partial charge is 0.355 e. The molecule has 6 heteroatoms. The first-order valence-electron chi connectivity index (χ1n) is 2.72. The van der Waals surface area contributed by atoms with E-state index in [-0.39, 0.29) is 10.3 Å². The van der Waals surface area contributed by atoms with Crippen LogP contribution in [0.15, 0.2) is 9.40 Å². The fourth-order valence-corrected chi connectivity index (χ4v) is 1.33. The number of hydrogen-bond donors (Lipinski definition) is 2. The molecule has 0 spiro atoms. The van der Waals surface area contributed by atoms with Crippen LogP contribution in [0.3, 0.4) is 0 Å². The van der Waals surface area contributed by atoms with E-state index in [1.807, 2.05) is 0 Å². The van der Waals surface area contributed by atoms with Gasteiger partial charge in [0.15, 0.2) is 5.69 Å². The van der Waals surface area contributed by atoms with Crippen LogP contribution in [0.25, 0.3) is 0 Å². The molecule has 0 amide bonds. The van der Waals surface area contributed by atoms with Crippen LogP contribution in [-0.2, 0) is 7.05 Å². The number of carboxylic acid groups (broad SMARTS) is 1. The molecule has 0 aliphatic heterocycles. The van der Waals surface area contributed by atoms with Gasteiger partial charge in [-0.2, -0.15) is 0 Å². The second-order valence-corrected chi connectivity index (χ2v) is 2.75. The number of nitrogens with one attached hydrogen (secondary N) is 1. The maximum atomic E-state index is 10.8. The van der Waals surface area contributed by atoms with E-state index in [1.54, 1.807) is 0 Å². The Morgan fingerprint density at radius 1 is 1.73 bits per heavy atom. The molecular formula is C5H5BrN2O3. The van der Waals surface area contributed by atoms with E-state index < -0.39 is 11.7 Å². The SMILES string of the molecule is Cn1c(C(=O)O)c(Br)[nH]c1=O. The van der Waals surface area contributed by atoms with Gasteiger partial charge in [-0.25, -0.2) is 9.59 Å². The van der Waals surface area contributed by atoms with Crippen molar-refractivity contribution in [3.8, 4) is 0 Å². The average Bonchev–Trinajstić information content (AvgIpc) is 2.07. The third-order valence-corrected chi connectivity index (χ3v) is 1.84. The summed E-state index contributed by atoms with van der Waals surface area (Å²) in [5.41, 5.74) is -0.524. The third-order valence-electron chi connectivity index (χ3n) is 1.27. The van der Waals surface area contributed by atoms with Crippen molar-refractivity contribution in [2.45, 2.75) is 0 Å². The predicted octanol–water partition coefficient (Wildman–Crippen LogP) is 0.174. The highest BCUT2D eigenvalue weighted by atomic mass is 79.9. The quantitative estimate of drug-likeness (QED) is 0.709. The lowest BCUT2D eigenvalue weighted by atomic mass is 10.5. The second kappa shape index (κ2) is 2.54. The Kier molecular flexibility index (Phi) is 1.86. The number of hydrogen-bond acceptors (Lipinski definition) is 2. The average molecular weight is 221 g/mol. The summed E-state index contributed by atoms with van der Waals surface area (Å²) in [7, 11) is 1.38. The maximum absolute atomic E-state index is 10.8. The summed E-state index contributed by atoms with van der Waals surface area (Å²) in [6.07, 6.45) is 0. The molecule has 0 radical (unpaired) electrons. The van der Waals surface area contributed by atoms with Gasteiger partial charge in [0.1, 0.15) is 4.60 Å². The van der Waals surface area contributed by atoms with Crippen molar-refractivity contribution in [2.75, 3.05) is 0 Å². The Hall–Kier alpha value is -1.04. The van der Waals surface area contributed by atoms with Crippen LogP contribution in [-0.4, -0.2) is 20.6 Å². The molecule has 1 rings (SSSR count). The molecule has 0 aliphatic carbocycles. The van der Waals surface area contributed by atoms with Crippen LogP contribution in [0.4, 0.5) is 0 Å². The minimum absolute atomic E-state index is 0.0741. The number of aromatic carboxylic acids is 1. The first kappa shape index (κ1) is 8.06. The third kappa shape index (κ3) is 1.21. The summed E-state index contributed by atoms with van der Waals surface area (Å²) in [6, 6.07) is 0. The van der Waals surface area contributed by atoms with Gasteiger partial charge < -0.3 is 5.11 Å². The number of aromatic amines is 1.